The van der Waals surface area contributed by atoms with E-state index in [1.807, 2.05) is 0 Å². The molecular weight excluding hydrogens is 342 g/mol. The first-order chi connectivity index (χ1) is 12.1. The minimum Gasteiger partial charge on any atom is -0.507 e. The summed E-state index contributed by atoms with van der Waals surface area (Å²) in [6.07, 6.45) is 1.05. The molecule has 3 rings (SSSR count). The zero-order valence-corrected chi connectivity index (χ0v) is 14.4. The Morgan fingerprint density at radius 2 is 2.04 bits per heavy atom. The number of aromatic hydroxyl groups is 1. The highest BCUT2D eigenvalue weighted by atomic mass is 16.5. The van der Waals surface area contributed by atoms with Crippen molar-refractivity contribution in [3.05, 3.63) is 29.0 Å². The number of primary amides is 1. The quantitative estimate of drug-likeness (QED) is 0.759. The largest absolute Gasteiger partial charge is 0.507 e. The molecule has 2 aliphatic rings. The number of carbonyl (C=O) groups excluding carboxylic acids is 4. The molecule has 136 valence electrons. The summed E-state index contributed by atoms with van der Waals surface area (Å²) in [5.74, 6) is -4.95. The fourth-order valence-electron chi connectivity index (χ4n) is 3.48. The molecule has 1 aliphatic carbocycles. The summed E-state index contributed by atoms with van der Waals surface area (Å²) in [5.41, 5.74) is 3.70. The van der Waals surface area contributed by atoms with Gasteiger partial charge in [0.15, 0.2) is 17.3 Å². The molecule has 1 unspecified atom stereocenters. The predicted octanol–water partition coefficient (Wildman–Crippen LogP) is 0.781. The van der Waals surface area contributed by atoms with Gasteiger partial charge in [0, 0.05) is 12.1 Å². The number of carbonyl (C=O) groups is 4. The number of Topliss-reactive ketones (excluding diaryl/α,β-unsaturated/α-hetero) is 2. The SMILES string of the molecule is CCOc1cc(O)c2c(c1C(N)=O)OC1=CC(=O)C(C(C)=O)C(=O)[C@]12C. The number of ketones is 3. The van der Waals surface area contributed by atoms with Crippen molar-refractivity contribution < 1.29 is 33.8 Å². The van der Waals surface area contributed by atoms with E-state index in [-0.39, 0.29) is 40.7 Å². The first-order valence-electron chi connectivity index (χ1n) is 7.96. The highest BCUT2D eigenvalue weighted by Gasteiger charge is 2.58. The molecule has 26 heavy (non-hydrogen) atoms. The van der Waals surface area contributed by atoms with Crippen LogP contribution in [0.3, 0.4) is 0 Å². The second kappa shape index (κ2) is 5.69. The number of allylic oxidation sites excluding steroid dienone is 2. The molecule has 0 fully saturated rings. The molecule has 3 N–H and O–H groups in total. The van der Waals surface area contributed by atoms with Crippen LogP contribution in [0.1, 0.15) is 36.7 Å². The summed E-state index contributed by atoms with van der Waals surface area (Å²) in [7, 11) is 0. The number of rotatable bonds is 4. The van der Waals surface area contributed by atoms with Gasteiger partial charge in [0.2, 0.25) is 0 Å². The van der Waals surface area contributed by atoms with Crippen LogP contribution in [0.4, 0.5) is 0 Å². The van der Waals surface area contributed by atoms with E-state index in [2.05, 4.69) is 0 Å². The first-order valence-corrected chi connectivity index (χ1v) is 7.96. The van der Waals surface area contributed by atoms with Gasteiger partial charge in [-0.15, -0.1) is 0 Å². The van der Waals surface area contributed by atoms with Gasteiger partial charge in [-0.05, 0) is 20.8 Å². The molecule has 1 aromatic carbocycles. The van der Waals surface area contributed by atoms with Crippen molar-refractivity contribution in [1.82, 2.24) is 0 Å². The molecule has 0 bridgehead atoms. The lowest BCUT2D eigenvalue weighted by molar-refractivity contribution is -0.140. The minimum absolute atomic E-state index is 0.000917. The van der Waals surface area contributed by atoms with Crippen molar-refractivity contribution in [3.8, 4) is 17.2 Å². The van der Waals surface area contributed by atoms with Crippen molar-refractivity contribution in [2.24, 2.45) is 11.7 Å². The van der Waals surface area contributed by atoms with Crippen molar-refractivity contribution in [3.63, 3.8) is 0 Å². The van der Waals surface area contributed by atoms with Crippen LogP contribution in [-0.4, -0.2) is 35.0 Å². The fourth-order valence-corrected chi connectivity index (χ4v) is 3.48. The van der Waals surface area contributed by atoms with E-state index in [9.17, 15) is 24.3 Å². The topological polar surface area (TPSA) is 133 Å². The molecule has 0 saturated carbocycles. The van der Waals surface area contributed by atoms with Gasteiger partial charge in [-0.1, -0.05) is 0 Å². The third-order valence-corrected chi connectivity index (χ3v) is 4.69. The van der Waals surface area contributed by atoms with Gasteiger partial charge in [-0.3, -0.25) is 19.2 Å². The highest BCUT2D eigenvalue weighted by Crippen LogP contribution is 2.56. The normalized spacial score (nSPS) is 23.7. The Bertz CT molecular complexity index is 915. The molecule has 0 saturated heterocycles. The maximum absolute atomic E-state index is 13.0. The number of nitrogens with two attached hydrogens (primary N) is 1. The van der Waals surface area contributed by atoms with E-state index in [1.54, 1.807) is 6.92 Å². The summed E-state index contributed by atoms with van der Waals surface area (Å²) in [5, 5.41) is 10.5. The van der Waals surface area contributed by atoms with Crippen LogP contribution in [-0.2, 0) is 19.8 Å². The number of benzene rings is 1. The molecule has 0 aromatic heterocycles. The lowest BCUT2D eigenvalue weighted by Crippen LogP contribution is -2.47. The van der Waals surface area contributed by atoms with E-state index in [1.165, 1.54) is 13.0 Å². The lowest BCUT2D eigenvalue weighted by atomic mass is 9.67. The molecule has 1 amide bonds. The monoisotopic (exact) mass is 359 g/mol. The lowest BCUT2D eigenvalue weighted by Gasteiger charge is -2.30. The molecule has 2 atom stereocenters. The fraction of sp³-hybridized carbons (Fsp3) is 0.333. The van der Waals surface area contributed by atoms with Crippen molar-refractivity contribution in [2.75, 3.05) is 6.61 Å². The van der Waals surface area contributed by atoms with E-state index < -0.39 is 34.6 Å². The Kier molecular flexibility index (Phi) is 3.86. The van der Waals surface area contributed by atoms with Gasteiger partial charge in [-0.2, -0.15) is 0 Å². The number of hydrogen-bond acceptors (Lipinski definition) is 7. The Hall–Kier alpha value is -3.16. The van der Waals surface area contributed by atoms with Crippen LogP contribution in [0.2, 0.25) is 0 Å². The van der Waals surface area contributed by atoms with Crippen LogP contribution in [0.15, 0.2) is 17.9 Å². The molecule has 8 nitrogen and oxygen atoms in total. The minimum atomic E-state index is -1.58. The summed E-state index contributed by atoms with van der Waals surface area (Å²) < 4.78 is 10.9. The number of amides is 1. The maximum Gasteiger partial charge on any atom is 0.256 e. The van der Waals surface area contributed by atoms with Crippen LogP contribution in [0.25, 0.3) is 0 Å². The van der Waals surface area contributed by atoms with Crippen LogP contribution in [0, 0.1) is 5.92 Å². The second-order valence-corrected chi connectivity index (χ2v) is 6.32. The summed E-state index contributed by atoms with van der Waals surface area (Å²) >= 11 is 0. The predicted molar refractivity (Wildman–Crippen MR) is 88.0 cm³/mol. The third kappa shape index (κ3) is 2.15. The van der Waals surface area contributed by atoms with E-state index in [0.29, 0.717) is 0 Å². The van der Waals surface area contributed by atoms with Gasteiger partial charge in [-0.25, -0.2) is 0 Å². The van der Waals surface area contributed by atoms with Crippen molar-refractivity contribution in [2.45, 2.75) is 26.2 Å². The number of ether oxygens (including phenoxy) is 2. The van der Waals surface area contributed by atoms with Crippen molar-refractivity contribution in [1.29, 1.82) is 0 Å². The van der Waals surface area contributed by atoms with Gasteiger partial charge < -0.3 is 20.3 Å². The standard InChI is InChI=1S/C18H17NO7/c1-4-25-10-5-9(22)14-15(13(10)17(19)24)26-11-6-8(21)12(7(2)20)16(23)18(11,14)3/h5-6,12,22H,4H2,1-3H3,(H2,19,24)/t12?,18-/m1/s1. The molecule has 0 spiro atoms. The summed E-state index contributed by atoms with van der Waals surface area (Å²) in [6, 6.07) is 1.17. The Morgan fingerprint density at radius 3 is 2.58 bits per heavy atom. The third-order valence-electron chi connectivity index (χ3n) is 4.69. The maximum atomic E-state index is 13.0. The number of hydrogen-bond donors (Lipinski definition) is 2. The van der Waals surface area contributed by atoms with Crippen LogP contribution < -0.4 is 15.2 Å². The number of phenolic OH excluding ortho intramolecular Hbond substituents is 1. The average Bonchev–Trinajstić information content (AvgIpc) is 2.81. The van der Waals surface area contributed by atoms with Gasteiger partial charge in [0.05, 0.1) is 12.2 Å². The molecule has 0 radical (unpaired) electrons. The Morgan fingerprint density at radius 1 is 1.38 bits per heavy atom. The molecule has 1 aliphatic heterocycles. The van der Waals surface area contributed by atoms with Crippen molar-refractivity contribution >= 4 is 23.3 Å². The molecule has 8 heteroatoms. The Balaban J connectivity index is 2.33. The van der Waals surface area contributed by atoms with Crippen LogP contribution in [0.5, 0.6) is 17.2 Å². The van der Waals surface area contributed by atoms with E-state index in [0.717, 1.165) is 13.0 Å². The first kappa shape index (κ1) is 17.7. The highest BCUT2D eigenvalue weighted by molar-refractivity contribution is 6.27. The molecular formula is C18H17NO7. The van der Waals surface area contributed by atoms with Gasteiger partial charge >= 0.3 is 0 Å². The zero-order valence-electron chi connectivity index (χ0n) is 14.4. The van der Waals surface area contributed by atoms with E-state index >= 15 is 0 Å². The average molecular weight is 359 g/mol. The second-order valence-electron chi connectivity index (χ2n) is 6.32. The van der Waals surface area contributed by atoms with E-state index in [4.69, 9.17) is 15.2 Å². The molecule has 1 heterocycles. The van der Waals surface area contributed by atoms with Gasteiger partial charge in [0.1, 0.15) is 39.9 Å². The number of phenols is 1. The Labute approximate surface area is 148 Å². The van der Waals surface area contributed by atoms with Crippen LogP contribution >= 0.6 is 0 Å². The smallest absolute Gasteiger partial charge is 0.256 e. The molecule has 1 aromatic rings. The summed E-state index contributed by atoms with van der Waals surface area (Å²) in [6.45, 7) is 4.45. The number of fused-ring (bicyclic) bond motifs is 3. The van der Waals surface area contributed by atoms with Gasteiger partial charge in [0.25, 0.3) is 5.91 Å². The zero-order chi connectivity index (χ0) is 19.4. The summed E-state index contributed by atoms with van der Waals surface area (Å²) in [4.78, 5) is 48.9.